The van der Waals surface area contributed by atoms with Crippen molar-refractivity contribution >= 4 is 38.5 Å². The molecule has 0 aliphatic heterocycles. The molecule has 3 aromatic rings. The number of nitrogens with one attached hydrogen (secondary N) is 1. The van der Waals surface area contributed by atoms with E-state index in [1.54, 1.807) is 0 Å². The van der Waals surface area contributed by atoms with Crippen LogP contribution in [0.1, 0.15) is 21.6 Å². The molecule has 0 bridgehead atoms. The lowest BCUT2D eigenvalue weighted by atomic mass is 10.1. The Morgan fingerprint density at radius 3 is 2.67 bits per heavy atom. The van der Waals surface area contributed by atoms with Gasteiger partial charge in [-0.1, -0.05) is 35.9 Å². The van der Waals surface area contributed by atoms with Gasteiger partial charge in [-0.05, 0) is 43.8 Å². The molecule has 27 heavy (non-hydrogen) atoms. The summed E-state index contributed by atoms with van der Waals surface area (Å²) in [6, 6.07) is 13.2. The molecule has 0 atom stereocenters. The number of aromatic nitrogens is 1. The molecule has 6 nitrogen and oxygen atoms in total. The van der Waals surface area contributed by atoms with Crippen molar-refractivity contribution in [3.63, 3.8) is 0 Å². The summed E-state index contributed by atoms with van der Waals surface area (Å²) in [5.41, 5.74) is 2.18. The molecule has 0 unspecified atom stereocenters. The normalized spacial score (nSPS) is 11.5. The smallest absolute Gasteiger partial charge is 0.338 e. The highest BCUT2D eigenvalue weighted by molar-refractivity contribution is 7.89. The number of ether oxygens (including phenoxy) is 1. The summed E-state index contributed by atoms with van der Waals surface area (Å²) in [4.78, 5) is 16.8. The van der Waals surface area contributed by atoms with Gasteiger partial charge in [-0.3, -0.25) is 0 Å². The molecule has 0 amide bonds. The van der Waals surface area contributed by atoms with E-state index in [0.29, 0.717) is 10.7 Å². The SMILES string of the molecule is CNS(=O)(=O)c1cccc(C(=O)OCc2nc3ccccc3c(C)c2Cl)c1. The van der Waals surface area contributed by atoms with Gasteiger partial charge < -0.3 is 4.74 Å². The zero-order valence-corrected chi connectivity index (χ0v) is 16.3. The van der Waals surface area contributed by atoms with Gasteiger partial charge in [0.25, 0.3) is 0 Å². The molecule has 2 aromatic carbocycles. The topological polar surface area (TPSA) is 85.4 Å². The van der Waals surface area contributed by atoms with Crippen molar-refractivity contribution in [2.75, 3.05) is 7.05 Å². The first-order chi connectivity index (χ1) is 12.8. The molecule has 8 heteroatoms. The molecule has 0 aliphatic carbocycles. The average Bonchev–Trinajstić information content (AvgIpc) is 2.69. The number of pyridine rings is 1. The number of carbonyl (C=O) groups is 1. The van der Waals surface area contributed by atoms with Crippen molar-refractivity contribution in [1.82, 2.24) is 9.71 Å². The molecular formula is C19H17ClN2O4S. The summed E-state index contributed by atoms with van der Waals surface area (Å²) in [6.07, 6.45) is 0. The predicted molar refractivity (Wildman–Crippen MR) is 103 cm³/mol. The Hall–Kier alpha value is -2.48. The number of carbonyl (C=O) groups excluding carboxylic acids is 1. The van der Waals surface area contributed by atoms with Crippen molar-refractivity contribution in [1.29, 1.82) is 0 Å². The number of rotatable bonds is 5. The third-order valence-corrected chi connectivity index (χ3v) is 6.05. The third-order valence-electron chi connectivity index (χ3n) is 4.13. The fourth-order valence-corrected chi connectivity index (χ4v) is 3.61. The van der Waals surface area contributed by atoms with Gasteiger partial charge >= 0.3 is 5.97 Å². The number of halogens is 1. The molecule has 0 fully saturated rings. The van der Waals surface area contributed by atoms with E-state index in [1.165, 1.54) is 31.3 Å². The van der Waals surface area contributed by atoms with Crippen LogP contribution in [-0.4, -0.2) is 26.4 Å². The van der Waals surface area contributed by atoms with Crippen LogP contribution in [0.4, 0.5) is 0 Å². The molecule has 0 saturated heterocycles. The Morgan fingerprint density at radius 2 is 1.93 bits per heavy atom. The lowest BCUT2D eigenvalue weighted by Gasteiger charge is -2.11. The minimum atomic E-state index is -3.65. The van der Waals surface area contributed by atoms with Crippen LogP contribution in [-0.2, 0) is 21.4 Å². The third kappa shape index (κ3) is 3.95. The minimum absolute atomic E-state index is 0.0165. The highest BCUT2D eigenvalue weighted by Gasteiger charge is 2.17. The summed E-state index contributed by atoms with van der Waals surface area (Å²) < 4.78 is 31.2. The Morgan fingerprint density at radius 1 is 1.19 bits per heavy atom. The van der Waals surface area contributed by atoms with Gasteiger partial charge in [0.05, 0.1) is 26.7 Å². The number of fused-ring (bicyclic) bond motifs is 1. The van der Waals surface area contributed by atoms with Gasteiger partial charge in [0, 0.05) is 5.39 Å². The van der Waals surface area contributed by atoms with Crippen molar-refractivity contribution in [3.8, 4) is 0 Å². The van der Waals surface area contributed by atoms with Crippen molar-refractivity contribution in [3.05, 3.63) is 70.4 Å². The van der Waals surface area contributed by atoms with E-state index < -0.39 is 16.0 Å². The number of sulfonamides is 1. The molecule has 0 spiro atoms. The standard InChI is InChI=1S/C19H17ClN2O4S/c1-12-15-8-3-4-9-16(15)22-17(18(12)20)11-26-19(23)13-6-5-7-14(10-13)27(24,25)21-2/h3-10,21H,11H2,1-2H3. The fourth-order valence-electron chi connectivity index (χ4n) is 2.64. The number of esters is 1. The minimum Gasteiger partial charge on any atom is -0.456 e. The van der Waals surface area contributed by atoms with E-state index in [9.17, 15) is 13.2 Å². The molecule has 0 radical (unpaired) electrons. The summed E-state index contributed by atoms with van der Waals surface area (Å²) >= 11 is 6.36. The maximum Gasteiger partial charge on any atom is 0.338 e. The van der Waals surface area contributed by atoms with Gasteiger partial charge in [0.2, 0.25) is 10.0 Å². The van der Waals surface area contributed by atoms with Crippen molar-refractivity contribution in [2.45, 2.75) is 18.4 Å². The van der Waals surface area contributed by atoms with E-state index >= 15 is 0 Å². The van der Waals surface area contributed by atoms with E-state index in [4.69, 9.17) is 16.3 Å². The van der Waals surface area contributed by atoms with E-state index in [1.807, 2.05) is 31.2 Å². The first-order valence-corrected chi connectivity index (χ1v) is 9.94. The lowest BCUT2D eigenvalue weighted by Crippen LogP contribution is -2.19. The number of hydrogen-bond donors (Lipinski definition) is 1. The van der Waals surface area contributed by atoms with Gasteiger partial charge in [-0.15, -0.1) is 0 Å². The maximum absolute atomic E-state index is 12.3. The second-order valence-electron chi connectivity index (χ2n) is 5.83. The highest BCUT2D eigenvalue weighted by Crippen LogP contribution is 2.27. The molecule has 140 valence electrons. The first kappa shape index (κ1) is 19.3. The van der Waals surface area contributed by atoms with Gasteiger partial charge in [0.15, 0.2) is 0 Å². The second-order valence-corrected chi connectivity index (χ2v) is 8.09. The van der Waals surface area contributed by atoms with Gasteiger partial charge in [0.1, 0.15) is 6.61 Å². The molecule has 1 N–H and O–H groups in total. The molecule has 0 saturated carbocycles. The summed E-state index contributed by atoms with van der Waals surface area (Å²) in [6.45, 7) is 1.76. The Bertz CT molecular complexity index is 1130. The van der Waals surface area contributed by atoms with E-state index in [-0.39, 0.29) is 17.1 Å². The number of para-hydroxylation sites is 1. The zero-order chi connectivity index (χ0) is 19.6. The van der Waals surface area contributed by atoms with Crippen LogP contribution in [0.3, 0.4) is 0 Å². The molecule has 0 aliphatic rings. The lowest BCUT2D eigenvalue weighted by molar-refractivity contribution is 0.0468. The summed E-state index contributed by atoms with van der Waals surface area (Å²) in [7, 11) is -2.35. The monoisotopic (exact) mass is 404 g/mol. The van der Waals surface area contributed by atoms with Crippen LogP contribution in [0.5, 0.6) is 0 Å². The zero-order valence-electron chi connectivity index (χ0n) is 14.7. The van der Waals surface area contributed by atoms with Crippen LogP contribution in [0.15, 0.2) is 53.4 Å². The Balaban J connectivity index is 1.84. The van der Waals surface area contributed by atoms with Crippen LogP contribution in [0.2, 0.25) is 5.02 Å². The summed E-state index contributed by atoms with van der Waals surface area (Å²) in [5.74, 6) is -0.660. The molecular weight excluding hydrogens is 388 g/mol. The summed E-state index contributed by atoms with van der Waals surface area (Å²) in [5, 5.41) is 1.37. The Labute approximate surface area is 162 Å². The van der Waals surface area contributed by atoms with Crippen molar-refractivity contribution in [2.24, 2.45) is 0 Å². The van der Waals surface area contributed by atoms with Crippen LogP contribution in [0, 0.1) is 6.92 Å². The number of benzene rings is 2. The number of hydrogen-bond acceptors (Lipinski definition) is 5. The van der Waals surface area contributed by atoms with Crippen LogP contribution < -0.4 is 4.72 Å². The van der Waals surface area contributed by atoms with Gasteiger partial charge in [-0.2, -0.15) is 0 Å². The average molecular weight is 405 g/mol. The maximum atomic E-state index is 12.3. The quantitative estimate of drug-likeness (QED) is 0.658. The van der Waals surface area contributed by atoms with E-state index in [2.05, 4.69) is 9.71 Å². The fraction of sp³-hybridized carbons (Fsp3) is 0.158. The number of aryl methyl sites for hydroxylation is 1. The van der Waals surface area contributed by atoms with Crippen LogP contribution >= 0.6 is 11.6 Å². The van der Waals surface area contributed by atoms with Crippen LogP contribution in [0.25, 0.3) is 10.9 Å². The highest BCUT2D eigenvalue weighted by atomic mass is 35.5. The predicted octanol–water partition coefficient (Wildman–Crippen LogP) is 3.46. The van der Waals surface area contributed by atoms with Crippen molar-refractivity contribution < 1.29 is 17.9 Å². The van der Waals surface area contributed by atoms with Gasteiger partial charge in [-0.25, -0.2) is 22.9 Å². The molecule has 1 aromatic heterocycles. The molecule has 1 heterocycles. The largest absolute Gasteiger partial charge is 0.456 e. The molecule has 3 rings (SSSR count). The number of nitrogens with zero attached hydrogens (tertiary/aromatic N) is 1. The van der Waals surface area contributed by atoms with E-state index in [0.717, 1.165) is 16.5 Å². The first-order valence-electron chi connectivity index (χ1n) is 8.08. The Kier molecular flexibility index (Phi) is 5.46. The second kappa shape index (κ2) is 7.64.